The average molecular weight is 488 g/mol. The van der Waals surface area contributed by atoms with Crippen molar-refractivity contribution < 1.29 is 14.3 Å². The van der Waals surface area contributed by atoms with Gasteiger partial charge in [-0.2, -0.15) is 0 Å². The standard InChI is InChI=1S/C28H33N5O3/c1-5-24-31-25-17(3)13-18(4)29-26(25)33(24)16-19-7-8-22-21(14-19)15-23(30-22)27(34)32-11-9-20(10-12-32)28(35)36-6-2/h7-8,13-15,20,30H,5-6,9-12,16H2,1-4H3. The molecule has 1 fully saturated rings. The molecule has 4 heterocycles. The summed E-state index contributed by atoms with van der Waals surface area (Å²) in [4.78, 5) is 39.9. The lowest BCUT2D eigenvalue weighted by Crippen LogP contribution is -2.40. The number of H-pyrrole nitrogens is 1. The van der Waals surface area contributed by atoms with Crippen LogP contribution >= 0.6 is 0 Å². The van der Waals surface area contributed by atoms with Crippen molar-refractivity contribution in [2.24, 2.45) is 5.92 Å². The van der Waals surface area contributed by atoms with Crippen molar-refractivity contribution in [1.29, 1.82) is 0 Å². The second-order valence-corrected chi connectivity index (χ2v) is 9.64. The van der Waals surface area contributed by atoms with E-state index in [0.717, 1.165) is 51.1 Å². The van der Waals surface area contributed by atoms with Gasteiger partial charge >= 0.3 is 5.97 Å². The fraction of sp³-hybridized carbons (Fsp3) is 0.429. The van der Waals surface area contributed by atoms with E-state index in [4.69, 9.17) is 14.7 Å². The molecule has 1 saturated heterocycles. The first-order chi connectivity index (χ1) is 17.4. The number of amides is 1. The molecule has 0 radical (unpaired) electrons. The number of aryl methyl sites for hydroxylation is 3. The average Bonchev–Trinajstić information content (AvgIpc) is 3.45. The van der Waals surface area contributed by atoms with E-state index in [2.05, 4.69) is 41.6 Å². The van der Waals surface area contributed by atoms with Crippen LogP contribution < -0.4 is 0 Å². The molecular formula is C28H33N5O3. The molecule has 1 aliphatic rings. The van der Waals surface area contributed by atoms with Crippen molar-refractivity contribution >= 4 is 33.9 Å². The molecule has 1 N–H and O–H groups in total. The van der Waals surface area contributed by atoms with E-state index in [1.54, 1.807) is 0 Å². The van der Waals surface area contributed by atoms with Crippen LogP contribution in [0, 0.1) is 19.8 Å². The van der Waals surface area contributed by atoms with Crippen molar-refractivity contribution in [1.82, 2.24) is 24.4 Å². The van der Waals surface area contributed by atoms with Gasteiger partial charge in [0.25, 0.3) is 5.91 Å². The molecule has 0 unspecified atom stereocenters. The largest absolute Gasteiger partial charge is 0.466 e. The quantitative estimate of drug-likeness (QED) is 0.403. The Morgan fingerprint density at radius 2 is 1.86 bits per heavy atom. The number of aromatic nitrogens is 4. The number of likely N-dealkylation sites (tertiary alicyclic amines) is 1. The minimum absolute atomic E-state index is 0.0286. The van der Waals surface area contributed by atoms with E-state index in [9.17, 15) is 9.59 Å². The van der Waals surface area contributed by atoms with Gasteiger partial charge in [-0.15, -0.1) is 0 Å². The number of piperidine rings is 1. The number of carbonyl (C=O) groups excluding carboxylic acids is 2. The van der Waals surface area contributed by atoms with Gasteiger partial charge in [0, 0.05) is 36.1 Å². The maximum Gasteiger partial charge on any atom is 0.309 e. The topological polar surface area (TPSA) is 93.1 Å². The zero-order chi connectivity index (χ0) is 25.4. The van der Waals surface area contributed by atoms with Crippen molar-refractivity contribution in [2.75, 3.05) is 19.7 Å². The van der Waals surface area contributed by atoms with Crippen LogP contribution in [0.15, 0.2) is 30.3 Å². The second-order valence-electron chi connectivity index (χ2n) is 9.64. The Morgan fingerprint density at radius 3 is 2.58 bits per heavy atom. The second kappa shape index (κ2) is 9.76. The number of carbonyl (C=O) groups is 2. The molecule has 3 aromatic heterocycles. The number of benzene rings is 1. The summed E-state index contributed by atoms with van der Waals surface area (Å²) >= 11 is 0. The molecule has 1 aromatic carbocycles. The molecule has 188 valence electrons. The summed E-state index contributed by atoms with van der Waals surface area (Å²) < 4.78 is 7.34. The summed E-state index contributed by atoms with van der Waals surface area (Å²) in [6.45, 7) is 10.2. The Bertz CT molecular complexity index is 1440. The van der Waals surface area contributed by atoms with E-state index in [-0.39, 0.29) is 17.8 Å². The number of pyridine rings is 1. The summed E-state index contributed by atoms with van der Waals surface area (Å²) in [6, 6.07) is 10.2. The molecular weight excluding hydrogens is 454 g/mol. The number of hydrogen-bond acceptors (Lipinski definition) is 5. The number of hydrogen-bond donors (Lipinski definition) is 1. The maximum atomic E-state index is 13.2. The van der Waals surface area contributed by atoms with Gasteiger partial charge < -0.3 is 19.2 Å². The van der Waals surface area contributed by atoms with Gasteiger partial charge in [-0.1, -0.05) is 13.0 Å². The Kier molecular flexibility index (Phi) is 6.51. The number of ether oxygens (including phenoxy) is 1. The molecule has 0 atom stereocenters. The van der Waals surface area contributed by atoms with Gasteiger partial charge in [-0.3, -0.25) is 9.59 Å². The van der Waals surface area contributed by atoms with Crippen molar-refractivity contribution in [3.05, 3.63) is 58.7 Å². The number of fused-ring (bicyclic) bond motifs is 2. The number of esters is 1. The number of imidazole rings is 1. The van der Waals surface area contributed by atoms with E-state index in [1.807, 2.05) is 30.9 Å². The third kappa shape index (κ3) is 4.47. The zero-order valence-corrected chi connectivity index (χ0v) is 21.4. The molecule has 1 aliphatic heterocycles. The van der Waals surface area contributed by atoms with Crippen molar-refractivity contribution in [3.8, 4) is 0 Å². The van der Waals surface area contributed by atoms with Crippen LogP contribution in [0.1, 0.15) is 59.8 Å². The number of rotatable bonds is 6. The Morgan fingerprint density at radius 1 is 1.08 bits per heavy atom. The highest BCUT2D eigenvalue weighted by Crippen LogP contribution is 2.25. The maximum absolute atomic E-state index is 13.2. The molecule has 0 spiro atoms. The van der Waals surface area contributed by atoms with Gasteiger partial charge in [0.1, 0.15) is 17.0 Å². The van der Waals surface area contributed by atoms with Crippen LogP contribution in [0.5, 0.6) is 0 Å². The summed E-state index contributed by atoms with van der Waals surface area (Å²) in [5.41, 5.74) is 6.64. The van der Waals surface area contributed by atoms with Gasteiger partial charge in [-0.25, -0.2) is 9.97 Å². The van der Waals surface area contributed by atoms with Crippen LogP contribution in [0.25, 0.3) is 22.1 Å². The molecule has 5 rings (SSSR count). The highest BCUT2D eigenvalue weighted by molar-refractivity contribution is 5.98. The minimum Gasteiger partial charge on any atom is -0.466 e. The number of nitrogens with one attached hydrogen (secondary N) is 1. The molecule has 36 heavy (non-hydrogen) atoms. The highest BCUT2D eigenvalue weighted by Gasteiger charge is 2.29. The normalized spacial score (nSPS) is 14.6. The van der Waals surface area contributed by atoms with Gasteiger partial charge in [0.05, 0.1) is 19.1 Å². The molecule has 4 aromatic rings. The Labute approximate surface area is 210 Å². The first-order valence-corrected chi connectivity index (χ1v) is 12.8. The molecule has 1 amide bonds. The highest BCUT2D eigenvalue weighted by atomic mass is 16.5. The molecule has 0 bridgehead atoms. The van der Waals surface area contributed by atoms with E-state index in [1.165, 1.54) is 0 Å². The Balaban J connectivity index is 1.36. The van der Waals surface area contributed by atoms with E-state index in [0.29, 0.717) is 44.8 Å². The third-order valence-corrected chi connectivity index (χ3v) is 7.08. The SMILES string of the molecule is CCOC(=O)C1CCN(C(=O)c2cc3cc(Cn4c(CC)nc5c(C)cc(C)nc54)ccc3[nH]2)CC1. The fourth-order valence-corrected chi connectivity index (χ4v) is 5.21. The predicted octanol–water partition coefficient (Wildman–Crippen LogP) is 4.56. The smallest absolute Gasteiger partial charge is 0.309 e. The summed E-state index contributed by atoms with van der Waals surface area (Å²) in [6.07, 6.45) is 2.11. The molecule has 8 heteroatoms. The predicted molar refractivity (Wildman–Crippen MR) is 139 cm³/mol. The zero-order valence-electron chi connectivity index (χ0n) is 21.4. The van der Waals surface area contributed by atoms with Gasteiger partial charge in [0.15, 0.2) is 5.65 Å². The molecule has 0 aliphatic carbocycles. The minimum atomic E-state index is -0.153. The first-order valence-electron chi connectivity index (χ1n) is 12.8. The summed E-state index contributed by atoms with van der Waals surface area (Å²) in [7, 11) is 0. The van der Waals surface area contributed by atoms with Gasteiger partial charge in [0.2, 0.25) is 0 Å². The van der Waals surface area contributed by atoms with E-state index < -0.39 is 0 Å². The van der Waals surface area contributed by atoms with Crippen LogP contribution in [0.4, 0.5) is 0 Å². The molecule has 0 saturated carbocycles. The van der Waals surface area contributed by atoms with Crippen LogP contribution in [-0.4, -0.2) is 56.0 Å². The lowest BCUT2D eigenvalue weighted by Gasteiger charge is -2.30. The lowest BCUT2D eigenvalue weighted by molar-refractivity contribution is -0.149. The van der Waals surface area contributed by atoms with Crippen molar-refractivity contribution in [3.63, 3.8) is 0 Å². The number of aromatic amines is 1. The van der Waals surface area contributed by atoms with Crippen LogP contribution in [-0.2, 0) is 22.5 Å². The van der Waals surface area contributed by atoms with E-state index >= 15 is 0 Å². The van der Waals surface area contributed by atoms with Gasteiger partial charge in [-0.05, 0) is 69.0 Å². The fourth-order valence-electron chi connectivity index (χ4n) is 5.21. The summed E-state index contributed by atoms with van der Waals surface area (Å²) in [5, 5.41) is 1.00. The first kappa shape index (κ1) is 24.0. The number of nitrogens with zero attached hydrogens (tertiary/aromatic N) is 4. The monoisotopic (exact) mass is 487 g/mol. The lowest BCUT2D eigenvalue weighted by atomic mass is 9.97. The Hall–Kier alpha value is -3.68. The third-order valence-electron chi connectivity index (χ3n) is 7.08. The summed E-state index contributed by atoms with van der Waals surface area (Å²) in [5.74, 6) is 0.718. The van der Waals surface area contributed by atoms with Crippen LogP contribution in [0.2, 0.25) is 0 Å². The molecule has 8 nitrogen and oxygen atoms in total. The van der Waals surface area contributed by atoms with Crippen LogP contribution in [0.3, 0.4) is 0 Å². The van der Waals surface area contributed by atoms with Crippen molar-refractivity contribution in [2.45, 2.75) is 53.5 Å².